The number of carbonyl (C=O) groups is 1. The van der Waals surface area contributed by atoms with E-state index in [4.69, 9.17) is 15.2 Å². The molecule has 0 heterocycles. The summed E-state index contributed by atoms with van der Waals surface area (Å²) in [7, 11) is 0. The van der Waals surface area contributed by atoms with Crippen LogP contribution in [0.15, 0.2) is 18.2 Å². The van der Waals surface area contributed by atoms with Gasteiger partial charge in [0.2, 0.25) is 0 Å². The average molecular weight is 269 g/mol. The summed E-state index contributed by atoms with van der Waals surface area (Å²) >= 11 is 0. The first-order chi connectivity index (χ1) is 9.01. The molecular formula is C13H19NO5. The number of benzene rings is 1. The van der Waals surface area contributed by atoms with Crippen LogP contribution in [0.5, 0.6) is 11.5 Å². The summed E-state index contributed by atoms with van der Waals surface area (Å²) in [5.74, 6) is -0.487. The molecule has 19 heavy (non-hydrogen) atoms. The van der Waals surface area contributed by atoms with Crippen molar-refractivity contribution in [2.75, 3.05) is 13.2 Å². The van der Waals surface area contributed by atoms with E-state index in [-0.39, 0.29) is 18.1 Å². The number of phenolic OH excluding ortho intramolecular Hbond substituents is 1. The largest absolute Gasteiger partial charge is 0.504 e. The van der Waals surface area contributed by atoms with Crippen LogP contribution < -0.4 is 10.5 Å². The molecular weight excluding hydrogens is 250 g/mol. The van der Waals surface area contributed by atoms with Gasteiger partial charge in [-0.1, -0.05) is 6.07 Å². The number of ether oxygens (including phenoxy) is 2. The number of carbonyl (C=O) groups excluding carboxylic acids is 1. The van der Waals surface area contributed by atoms with Crippen molar-refractivity contribution in [3.05, 3.63) is 23.8 Å². The highest BCUT2D eigenvalue weighted by Crippen LogP contribution is 2.30. The van der Waals surface area contributed by atoms with Crippen molar-refractivity contribution in [2.24, 2.45) is 5.73 Å². The number of hydrogen-bond acceptors (Lipinski definition) is 6. The Morgan fingerprint density at radius 3 is 2.63 bits per heavy atom. The molecule has 2 atom stereocenters. The maximum Gasteiger partial charge on any atom is 0.325 e. The predicted molar refractivity (Wildman–Crippen MR) is 68.8 cm³/mol. The minimum atomic E-state index is -1.22. The Morgan fingerprint density at radius 1 is 1.37 bits per heavy atom. The summed E-state index contributed by atoms with van der Waals surface area (Å²) in [4.78, 5) is 11.4. The molecule has 0 saturated heterocycles. The van der Waals surface area contributed by atoms with Gasteiger partial charge in [-0.15, -0.1) is 0 Å². The Hall–Kier alpha value is -1.79. The van der Waals surface area contributed by atoms with Crippen LogP contribution in [0.3, 0.4) is 0 Å². The fraction of sp³-hybridized carbons (Fsp3) is 0.462. The lowest BCUT2D eigenvalue weighted by atomic mass is 10.0. The molecule has 4 N–H and O–H groups in total. The normalized spacial score (nSPS) is 13.7. The van der Waals surface area contributed by atoms with E-state index in [1.807, 2.05) is 0 Å². The van der Waals surface area contributed by atoms with Crippen molar-refractivity contribution >= 4 is 5.97 Å². The zero-order chi connectivity index (χ0) is 14.4. The van der Waals surface area contributed by atoms with E-state index in [1.54, 1.807) is 13.8 Å². The van der Waals surface area contributed by atoms with Crippen LogP contribution in [0.4, 0.5) is 0 Å². The van der Waals surface area contributed by atoms with E-state index in [0.717, 1.165) is 0 Å². The van der Waals surface area contributed by atoms with E-state index in [1.165, 1.54) is 18.2 Å². The number of esters is 1. The van der Waals surface area contributed by atoms with E-state index in [0.29, 0.717) is 12.2 Å². The Labute approximate surface area is 111 Å². The highest BCUT2D eigenvalue weighted by Gasteiger charge is 2.26. The molecule has 1 aromatic rings. The number of nitrogens with two attached hydrogens (primary N) is 1. The number of hydrogen-bond donors (Lipinski definition) is 3. The Balaban J connectivity index is 2.89. The molecule has 2 unspecified atom stereocenters. The van der Waals surface area contributed by atoms with E-state index in [2.05, 4.69) is 0 Å². The molecule has 6 heteroatoms. The molecule has 106 valence electrons. The molecule has 0 saturated carbocycles. The molecule has 1 rings (SSSR count). The van der Waals surface area contributed by atoms with Crippen molar-refractivity contribution in [3.8, 4) is 11.5 Å². The number of aliphatic hydroxyl groups excluding tert-OH is 1. The maximum absolute atomic E-state index is 11.4. The van der Waals surface area contributed by atoms with Crippen molar-refractivity contribution in [1.29, 1.82) is 0 Å². The third-order valence-corrected chi connectivity index (χ3v) is 2.52. The molecule has 0 radical (unpaired) electrons. The lowest BCUT2D eigenvalue weighted by molar-refractivity contribution is -0.147. The fourth-order valence-electron chi connectivity index (χ4n) is 1.56. The summed E-state index contributed by atoms with van der Waals surface area (Å²) in [5, 5.41) is 19.6. The molecule has 1 aromatic carbocycles. The summed E-state index contributed by atoms with van der Waals surface area (Å²) in [6.45, 7) is 3.99. The lowest BCUT2D eigenvalue weighted by Crippen LogP contribution is -2.38. The Bertz CT molecular complexity index is 435. The summed E-state index contributed by atoms with van der Waals surface area (Å²) in [6, 6.07) is 3.12. The highest BCUT2D eigenvalue weighted by atomic mass is 16.5. The number of aromatic hydroxyl groups is 1. The van der Waals surface area contributed by atoms with Crippen molar-refractivity contribution in [1.82, 2.24) is 0 Å². The number of rotatable bonds is 6. The molecule has 6 nitrogen and oxygen atoms in total. The van der Waals surface area contributed by atoms with Gasteiger partial charge in [0.25, 0.3) is 0 Å². The van der Waals surface area contributed by atoms with E-state index in [9.17, 15) is 15.0 Å². The van der Waals surface area contributed by atoms with Crippen molar-refractivity contribution in [2.45, 2.75) is 26.0 Å². The first kappa shape index (κ1) is 15.3. The minimum Gasteiger partial charge on any atom is -0.504 e. The molecule has 0 aromatic heterocycles. The van der Waals surface area contributed by atoms with Crippen LogP contribution in [-0.2, 0) is 9.53 Å². The summed E-state index contributed by atoms with van der Waals surface area (Å²) < 4.78 is 9.94. The third kappa shape index (κ3) is 3.84. The second-order valence-corrected chi connectivity index (χ2v) is 3.88. The zero-order valence-electron chi connectivity index (χ0n) is 11.0. The smallest absolute Gasteiger partial charge is 0.325 e. The van der Waals surface area contributed by atoms with Gasteiger partial charge in [-0.3, -0.25) is 4.79 Å². The second kappa shape index (κ2) is 6.96. The van der Waals surface area contributed by atoms with Gasteiger partial charge < -0.3 is 25.4 Å². The van der Waals surface area contributed by atoms with Crippen LogP contribution in [0, 0.1) is 0 Å². The zero-order valence-corrected chi connectivity index (χ0v) is 11.0. The van der Waals surface area contributed by atoms with Gasteiger partial charge >= 0.3 is 5.97 Å². The van der Waals surface area contributed by atoms with Gasteiger partial charge in [-0.05, 0) is 31.5 Å². The van der Waals surface area contributed by atoms with Crippen LogP contribution in [-0.4, -0.2) is 35.4 Å². The number of phenols is 1. The van der Waals surface area contributed by atoms with Crippen LogP contribution >= 0.6 is 0 Å². The van der Waals surface area contributed by atoms with Gasteiger partial charge in [-0.2, -0.15) is 0 Å². The highest BCUT2D eigenvalue weighted by molar-refractivity contribution is 5.76. The Kier molecular flexibility index (Phi) is 5.59. The maximum atomic E-state index is 11.4. The van der Waals surface area contributed by atoms with E-state index < -0.39 is 18.1 Å². The summed E-state index contributed by atoms with van der Waals surface area (Å²) in [6.07, 6.45) is -1.22. The second-order valence-electron chi connectivity index (χ2n) is 3.88. The fourth-order valence-corrected chi connectivity index (χ4v) is 1.56. The molecule has 0 fully saturated rings. The first-order valence-electron chi connectivity index (χ1n) is 6.07. The first-order valence-corrected chi connectivity index (χ1v) is 6.07. The van der Waals surface area contributed by atoms with Gasteiger partial charge in [-0.25, -0.2) is 0 Å². The minimum absolute atomic E-state index is 0.0393. The average Bonchev–Trinajstić information content (AvgIpc) is 2.40. The number of aliphatic hydroxyl groups is 1. The monoisotopic (exact) mass is 269 g/mol. The molecule has 0 spiro atoms. The lowest BCUT2D eigenvalue weighted by Gasteiger charge is -2.18. The van der Waals surface area contributed by atoms with Gasteiger partial charge in [0, 0.05) is 0 Å². The summed E-state index contributed by atoms with van der Waals surface area (Å²) in [5.41, 5.74) is 5.99. The topological polar surface area (TPSA) is 102 Å². The quantitative estimate of drug-likeness (QED) is 0.657. The van der Waals surface area contributed by atoms with Gasteiger partial charge in [0.15, 0.2) is 11.5 Å². The van der Waals surface area contributed by atoms with Gasteiger partial charge in [0.05, 0.1) is 13.2 Å². The molecule has 0 bridgehead atoms. The van der Waals surface area contributed by atoms with E-state index >= 15 is 0 Å². The molecule has 0 aliphatic rings. The molecule has 0 aliphatic carbocycles. The van der Waals surface area contributed by atoms with Crippen LogP contribution in [0.2, 0.25) is 0 Å². The van der Waals surface area contributed by atoms with Crippen molar-refractivity contribution < 1.29 is 24.5 Å². The third-order valence-electron chi connectivity index (χ3n) is 2.52. The van der Waals surface area contributed by atoms with Gasteiger partial charge in [0.1, 0.15) is 12.1 Å². The standard InChI is InChI=1S/C13H19NO5/c1-3-18-10-7-8(5-6-9(10)15)12(16)11(14)13(17)19-4-2/h5-7,11-12,15-16H,3-4,14H2,1-2H3. The van der Waals surface area contributed by atoms with Crippen LogP contribution in [0.1, 0.15) is 25.5 Å². The molecule has 0 amide bonds. The Morgan fingerprint density at radius 2 is 2.05 bits per heavy atom. The molecule has 0 aliphatic heterocycles. The van der Waals surface area contributed by atoms with Crippen LogP contribution in [0.25, 0.3) is 0 Å². The SMILES string of the molecule is CCOC(=O)C(N)C(O)c1ccc(O)c(OCC)c1. The predicted octanol–water partition coefficient (Wildman–Crippen LogP) is 0.715. The van der Waals surface area contributed by atoms with Crippen molar-refractivity contribution in [3.63, 3.8) is 0 Å².